The number of hydrogen-bond acceptors (Lipinski definition) is 5. The first-order chi connectivity index (χ1) is 6.63. The van der Waals surface area contributed by atoms with Crippen molar-refractivity contribution in [1.82, 2.24) is 0 Å². The van der Waals surface area contributed by atoms with Crippen molar-refractivity contribution in [2.75, 3.05) is 6.54 Å². The summed E-state index contributed by atoms with van der Waals surface area (Å²) < 4.78 is 24.9. The van der Waals surface area contributed by atoms with Crippen LogP contribution in [0, 0.1) is 0 Å². The average Bonchev–Trinajstić information content (AvgIpc) is 2.10. The highest BCUT2D eigenvalue weighted by Crippen LogP contribution is 2.30. The summed E-state index contributed by atoms with van der Waals surface area (Å²) >= 11 is 0. The summed E-state index contributed by atoms with van der Waals surface area (Å²) in [5.41, 5.74) is 6.14. The van der Waals surface area contributed by atoms with Gasteiger partial charge in [-0.1, -0.05) is 6.07 Å². The van der Waals surface area contributed by atoms with Gasteiger partial charge in [-0.15, -0.1) is 0 Å². The highest BCUT2D eigenvalue weighted by Gasteiger charge is 2.05. The maximum atomic E-state index is 10.3. The topological polar surface area (TPSA) is 89.6 Å². The molecule has 1 aromatic carbocycles. The van der Waals surface area contributed by atoms with Crippen molar-refractivity contribution >= 4 is 7.91 Å². The molecule has 0 spiro atoms. The zero-order valence-corrected chi connectivity index (χ0v) is 8.24. The lowest BCUT2D eigenvalue weighted by Crippen LogP contribution is -2.02. The van der Waals surface area contributed by atoms with Crippen molar-refractivity contribution in [3.63, 3.8) is 0 Å². The third-order valence-electron chi connectivity index (χ3n) is 1.63. The monoisotopic (exact) mass is 215 g/mol. The van der Waals surface area contributed by atoms with Gasteiger partial charge in [0, 0.05) is 0 Å². The standard InChI is InChI=1S/C8H10NO4P/c9-4-3-6-1-2-7(10)8(5-6)13-14(11)12/h1-2,5,10H,3-4,9H2. The van der Waals surface area contributed by atoms with Gasteiger partial charge in [0.1, 0.15) is 0 Å². The fourth-order valence-corrected chi connectivity index (χ4v) is 1.34. The van der Waals surface area contributed by atoms with E-state index in [4.69, 9.17) is 5.73 Å². The van der Waals surface area contributed by atoms with Crippen molar-refractivity contribution in [1.29, 1.82) is 0 Å². The van der Waals surface area contributed by atoms with E-state index in [2.05, 4.69) is 4.52 Å². The van der Waals surface area contributed by atoms with Crippen molar-refractivity contribution < 1.29 is 18.8 Å². The molecular weight excluding hydrogens is 205 g/mol. The number of hydrogen-bond donors (Lipinski definition) is 2. The lowest BCUT2D eigenvalue weighted by atomic mass is 10.1. The fraction of sp³-hybridized carbons (Fsp3) is 0.250. The summed E-state index contributed by atoms with van der Waals surface area (Å²) in [7, 11) is -3.01. The Morgan fingerprint density at radius 3 is 2.71 bits per heavy atom. The van der Waals surface area contributed by atoms with Crippen molar-refractivity contribution in [2.24, 2.45) is 5.73 Å². The molecule has 76 valence electrons. The van der Waals surface area contributed by atoms with Crippen LogP contribution in [0.4, 0.5) is 0 Å². The molecule has 0 aliphatic heterocycles. The molecule has 0 aromatic heterocycles. The van der Waals surface area contributed by atoms with Crippen LogP contribution in [0.25, 0.3) is 0 Å². The maximum Gasteiger partial charge on any atom is 0.529 e. The molecule has 0 unspecified atom stereocenters. The molecule has 3 N–H and O–H groups in total. The molecule has 0 fully saturated rings. The second-order valence-corrected chi connectivity index (χ2v) is 3.29. The quantitative estimate of drug-likeness (QED) is 0.740. The van der Waals surface area contributed by atoms with Crippen LogP contribution < -0.4 is 10.3 Å². The molecule has 1 aromatic rings. The maximum absolute atomic E-state index is 10.3. The van der Waals surface area contributed by atoms with Gasteiger partial charge in [0.2, 0.25) is 0 Å². The summed E-state index contributed by atoms with van der Waals surface area (Å²) in [6.07, 6.45) is 0.603. The smallest absolute Gasteiger partial charge is 0.504 e. The van der Waals surface area contributed by atoms with Gasteiger partial charge in [-0.05, 0) is 30.7 Å². The summed E-state index contributed by atoms with van der Waals surface area (Å²) in [5.74, 6) is -0.267. The third kappa shape index (κ3) is 2.87. The van der Waals surface area contributed by atoms with Crippen molar-refractivity contribution in [3.05, 3.63) is 23.8 Å². The number of benzene rings is 1. The minimum absolute atomic E-state index is 0.0629. The highest BCUT2D eigenvalue weighted by atomic mass is 31.1. The highest BCUT2D eigenvalue weighted by molar-refractivity contribution is 7.25. The molecule has 0 amide bonds. The van der Waals surface area contributed by atoms with E-state index in [1.165, 1.54) is 12.1 Å². The Labute approximate surface area is 81.4 Å². The van der Waals surface area contributed by atoms with Gasteiger partial charge in [-0.3, -0.25) is 0 Å². The molecular formula is C8H10NO4P. The molecule has 0 bridgehead atoms. The Morgan fingerprint density at radius 2 is 2.14 bits per heavy atom. The summed E-state index contributed by atoms with van der Waals surface area (Å²) in [6.45, 7) is 0.452. The Kier molecular flexibility index (Phi) is 3.68. The number of rotatable bonds is 4. The van der Waals surface area contributed by atoms with Crippen LogP contribution >= 0.6 is 7.91 Å². The van der Waals surface area contributed by atoms with E-state index >= 15 is 0 Å². The molecule has 0 aliphatic rings. The number of aromatic hydroxyl groups is 1. The predicted molar refractivity (Wildman–Crippen MR) is 49.8 cm³/mol. The van der Waals surface area contributed by atoms with Crippen LogP contribution in [0.5, 0.6) is 11.5 Å². The third-order valence-corrected chi connectivity index (χ3v) is 1.98. The van der Waals surface area contributed by atoms with Crippen LogP contribution in [0.15, 0.2) is 18.2 Å². The van der Waals surface area contributed by atoms with E-state index in [9.17, 15) is 14.2 Å². The molecule has 0 atom stereocenters. The first-order valence-electron chi connectivity index (χ1n) is 3.98. The van der Waals surface area contributed by atoms with Crippen LogP contribution in [0.2, 0.25) is 0 Å². The van der Waals surface area contributed by atoms with Gasteiger partial charge in [0.15, 0.2) is 11.5 Å². The average molecular weight is 215 g/mol. The molecule has 0 saturated carbocycles. The van der Waals surface area contributed by atoms with E-state index in [0.717, 1.165) is 5.56 Å². The number of phenolic OH excluding ortho intramolecular Hbond substituents is 1. The Bertz CT molecular complexity index is 381. The second kappa shape index (κ2) is 4.79. The van der Waals surface area contributed by atoms with E-state index in [0.29, 0.717) is 13.0 Å². The Morgan fingerprint density at radius 1 is 1.43 bits per heavy atom. The van der Waals surface area contributed by atoms with E-state index in [-0.39, 0.29) is 11.5 Å². The number of phenols is 1. The van der Waals surface area contributed by atoms with Gasteiger partial charge in [-0.2, -0.15) is 9.13 Å². The van der Waals surface area contributed by atoms with Gasteiger partial charge < -0.3 is 15.4 Å². The van der Waals surface area contributed by atoms with Crippen LogP contribution in [-0.4, -0.2) is 11.7 Å². The lowest BCUT2D eigenvalue weighted by Gasteiger charge is -2.03. The Balaban J connectivity index is 2.95. The van der Waals surface area contributed by atoms with E-state index in [1.807, 2.05) is 0 Å². The zero-order valence-electron chi connectivity index (χ0n) is 7.34. The van der Waals surface area contributed by atoms with Crippen LogP contribution in [-0.2, 0) is 15.6 Å². The second-order valence-electron chi connectivity index (χ2n) is 2.66. The van der Waals surface area contributed by atoms with Crippen molar-refractivity contribution in [2.45, 2.75) is 6.42 Å². The van der Waals surface area contributed by atoms with Crippen LogP contribution in [0.3, 0.4) is 0 Å². The summed E-state index contributed by atoms with van der Waals surface area (Å²) in [6, 6.07) is 4.49. The Hall–Kier alpha value is -1.32. The molecule has 1 rings (SSSR count). The van der Waals surface area contributed by atoms with Crippen LogP contribution in [0.1, 0.15) is 5.56 Å². The first-order valence-corrected chi connectivity index (χ1v) is 5.07. The molecule has 14 heavy (non-hydrogen) atoms. The van der Waals surface area contributed by atoms with E-state index in [1.54, 1.807) is 6.07 Å². The molecule has 6 heteroatoms. The molecule has 0 heterocycles. The normalized spacial score (nSPS) is 9.79. The van der Waals surface area contributed by atoms with Gasteiger partial charge in [0.05, 0.1) is 0 Å². The fourth-order valence-electron chi connectivity index (χ4n) is 1.03. The molecule has 0 radical (unpaired) electrons. The minimum atomic E-state index is -3.01. The predicted octanol–water partition coefficient (Wildman–Crippen LogP) is 1.36. The lowest BCUT2D eigenvalue weighted by molar-refractivity contribution is 0.409. The SMILES string of the molecule is NCCc1ccc(O)c(OP(=O)=O)c1. The van der Waals surface area contributed by atoms with Crippen molar-refractivity contribution in [3.8, 4) is 11.5 Å². The molecule has 5 nitrogen and oxygen atoms in total. The van der Waals surface area contributed by atoms with Gasteiger partial charge in [-0.25, -0.2) is 0 Å². The largest absolute Gasteiger partial charge is 0.529 e. The van der Waals surface area contributed by atoms with Gasteiger partial charge in [0.25, 0.3) is 0 Å². The minimum Gasteiger partial charge on any atom is -0.504 e. The zero-order chi connectivity index (χ0) is 10.6. The summed E-state index contributed by atoms with van der Waals surface area (Å²) in [5, 5.41) is 9.23. The molecule has 0 saturated heterocycles. The first kappa shape index (κ1) is 10.8. The molecule has 0 aliphatic carbocycles. The van der Waals surface area contributed by atoms with Gasteiger partial charge >= 0.3 is 7.91 Å². The number of nitrogens with two attached hydrogens (primary N) is 1. The van der Waals surface area contributed by atoms with E-state index < -0.39 is 7.91 Å². The summed E-state index contributed by atoms with van der Waals surface area (Å²) in [4.78, 5) is 0.